The highest BCUT2D eigenvalue weighted by molar-refractivity contribution is 5.74. The number of nitrogens with zero attached hydrogens (tertiary/aromatic N) is 3. The van der Waals surface area contributed by atoms with Gasteiger partial charge in [0.25, 0.3) is 0 Å². The van der Waals surface area contributed by atoms with Crippen LogP contribution in [0.25, 0.3) is 11.0 Å². The second kappa shape index (κ2) is 4.99. The Morgan fingerprint density at radius 2 is 1.79 bits per heavy atom. The molecule has 5 heteroatoms. The van der Waals surface area contributed by atoms with Crippen molar-refractivity contribution in [2.75, 3.05) is 5.32 Å². The summed E-state index contributed by atoms with van der Waals surface area (Å²) in [5, 5.41) is 11.3. The molecule has 0 aliphatic carbocycles. The first-order valence-electron chi connectivity index (χ1n) is 6.00. The first-order chi connectivity index (χ1) is 9.35. The minimum Gasteiger partial charge on any atom is -0.326 e. The molecule has 0 bridgehead atoms. The summed E-state index contributed by atoms with van der Waals surface area (Å²) in [6.45, 7) is 0.506. The van der Waals surface area contributed by atoms with Crippen molar-refractivity contribution in [3.05, 3.63) is 54.1 Å². The van der Waals surface area contributed by atoms with Crippen LogP contribution in [0.4, 0.5) is 11.6 Å². The van der Waals surface area contributed by atoms with E-state index in [0.717, 1.165) is 22.3 Å². The molecule has 0 unspecified atom stereocenters. The number of aromatic nitrogens is 3. The van der Waals surface area contributed by atoms with Crippen molar-refractivity contribution >= 4 is 22.7 Å². The van der Waals surface area contributed by atoms with Gasteiger partial charge in [-0.3, -0.25) is 0 Å². The molecule has 1 heterocycles. The van der Waals surface area contributed by atoms with Crippen LogP contribution in [0.15, 0.2) is 48.5 Å². The molecule has 2 aromatic carbocycles. The summed E-state index contributed by atoms with van der Waals surface area (Å²) in [5.74, 6) is 0.480. The average molecular weight is 251 g/mol. The number of hydrogen-bond donors (Lipinski definition) is 2. The Hall–Kier alpha value is -2.53. The molecule has 3 aromatic rings. The molecule has 0 fully saturated rings. The van der Waals surface area contributed by atoms with E-state index >= 15 is 0 Å². The topological polar surface area (TPSA) is 76.7 Å². The zero-order valence-corrected chi connectivity index (χ0v) is 10.2. The Bertz CT molecular complexity index is 711. The molecule has 0 saturated heterocycles. The van der Waals surface area contributed by atoms with Gasteiger partial charge in [-0.15, -0.1) is 10.2 Å². The van der Waals surface area contributed by atoms with E-state index in [2.05, 4.69) is 20.5 Å². The van der Waals surface area contributed by atoms with E-state index in [9.17, 15) is 0 Å². The van der Waals surface area contributed by atoms with Crippen LogP contribution in [0.5, 0.6) is 0 Å². The van der Waals surface area contributed by atoms with Crippen LogP contribution in [-0.4, -0.2) is 15.2 Å². The van der Waals surface area contributed by atoms with Gasteiger partial charge in [-0.25, -0.2) is 4.98 Å². The standard InChI is InChI=1S/C14H13N5/c15-9-10-4-3-5-11(8-10)16-14-17-12-6-1-2-7-13(12)18-19-14/h1-8H,9,15H2,(H,16,17,19). The normalized spacial score (nSPS) is 10.6. The van der Waals surface area contributed by atoms with Crippen molar-refractivity contribution in [2.24, 2.45) is 5.73 Å². The number of rotatable bonds is 3. The molecule has 0 aliphatic heterocycles. The minimum absolute atomic E-state index is 0.480. The fourth-order valence-electron chi connectivity index (χ4n) is 1.84. The van der Waals surface area contributed by atoms with Gasteiger partial charge in [0.15, 0.2) is 0 Å². The van der Waals surface area contributed by atoms with Gasteiger partial charge < -0.3 is 11.1 Å². The number of hydrogen-bond acceptors (Lipinski definition) is 5. The van der Waals surface area contributed by atoms with Crippen LogP contribution in [0.1, 0.15) is 5.56 Å². The molecule has 94 valence electrons. The Morgan fingerprint density at radius 1 is 0.947 bits per heavy atom. The lowest BCUT2D eigenvalue weighted by atomic mass is 10.2. The predicted molar refractivity (Wildman–Crippen MR) is 74.9 cm³/mol. The number of nitrogens with two attached hydrogens (primary N) is 1. The average Bonchev–Trinajstić information content (AvgIpc) is 2.47. The van der Waals surface area contributed by atoms with Crippen molar-refractivity contribution in [1.82, 2.24) is 15.2 Å². The minimum atomic E-state index is 0.480. The third-order valence-corrected chi connectivity index (χ3v) is 2.78. The highest BCUT2D eigenvalue weighted by Crippen LogP contribution is 2.15. The molecule has 3 rings (SSSR count). The quantitative estimate of drug-likeness (QED) is 0.746. The van der Waals surface area contributed by atoms with Crippen molar-refractivity contribution in [3.63, 3.8) is 0 Å². The molecule has 0 atom stereocenters. The molecular weight excluding hydrogens is 238 g/mol. The van der Waals surface area contributed by atoms with E-state index in [0.29, 0.717) is 12.5 Å². The number of fused-ring (bicyclic) bond motifs is 1. The van der Waals surface area contributed by atoms with Crippen LogP contribution in [0.2, 0.25) is 0 Å². The molecule has 19 heavy (non-hydrogen) atoms. The summed E-state index contributed by atoms with van der Waals surface area (Å²) >= 11 is 0. The molecule has 0 aliphatic rings. The summed E-state index contributed by atoms with van der Waals surface area (Å²) in [4.78, 5) is 4.41. The summed E-state index contributed by atoms with van der Waals surface area (Å²) in [6.07, 6.45) is 0. The molecule has 0 amide bonds. The van der Waals surface area contributed by atoms with E-state index in [4.69, 9.17) is 5.73 Å². The van der Waals surface area contributed by atoms with Crippen LogP contribution in [0.3, 0.4) is 0 Å². The Kier molecular flexibility index (Phi) is 3.04. The lowest BCUT2D eigenvalue weighted by Crippen LogP contribution is -2.01. The maximum absolute atomic E-state index is 5.62. The van der Waals surface area contributed by atoms with Crippen LogP contribution in [0, 0.1) is 0 Å². The van der Waals surface area contributed by atoms with E-state index in [1.807, 2.05) is 48.5 Å². The summed E-state index contributed by atoms with van der Waals surface area (Å²) in [6, 6.07) is 15.5. The van der Waals surface area contributed by atoms with Gasteiger partial charge in [0, 0.05) is 12.2 Å². The highest BCUT2D eigenvalue weighted by atomic mass is 15.2. The molecule has 5 nitrogen and oxygen atoms in total. The fourth-order valence-corrected chi connectivity index (χ4v) is 1.84. The van der Waals surface area contributed by atoms with Gasteiger partial charge in [-0.2, -0.15) is 0 Å². The largest absolute Gasteiger partial charge is 0.326 e. The Labute approximate surface area is 110 Å². The van der Waals surface area contributed by atoms with Gasteiger partial charge in [-0.1, -0.05) is 24.3 Å². The molecule has 1 aromatic heterocycles. The Balaban J connectivity index is 1.92. The van der Waals surface area contributed by atoms with E-state index in [-0.39, 0.29) is 0 Å². The van der Waals surface area contributed by atoms with Crippen molar-refractivity contribution in [3.8, 4) is 0 Å². The van der Waals surface area contributed by atoms with Crippen molar-refractivity contribution < 1.29 is 0 Å². The van der Waals surface area contributed by atoms with E-state index < -0.39 is 0 Å². The van der Waals surface area contributed by atoms with Gasteiger partial charge >= 0.3 is 0 Å². The number of benzene rings is 2. The second-order valence-corrected chi connectivity index (χ2v) is 4.15. The van der Waals surface area contributed by atoms with Gasteiger partial charge in [0.05, 0.1) is 5.52 Å². The third-order valence-electron chi connectivity index (χ3n) is 2.78. The van der Waals surface area contributed by atoms with Gasteiger partial charge in [0.2, 0.25) is 5.95 Å². The maximum Gasteiger partial charge on any atom is 0.247 e. The molecule has 0 saturated carbocycles. The smallest absolute Gasteiger partial charge is 0.247 e. The zero-order chi connectivity index (χ0) is 13.1. The summed E-state index contributed by atoms with van der Waals surface area (Å²) in [5.41, 5.74) is 9.17. The highest BCUT2D eigenvalue weighted by Gasteiger charge is 2.01. The van der Waals surface area contributed by atoms with Crippen LogP contribution >= 0.6 is 0 Å². The first-order valence-corrected chi connectivity index (χ1v) is 6.00. The predicted octanol–water partition coefficient (Wildman–Crippen LogP) is 2.23. The van der Waals surface area contributed by atoms with Crippen molar-refractivity contribution in [2.45, 2.75) is 6.54 Å². The number of anilines is 2. The third kappa shape index (κ3) is 2.51. The summed E-state index contributed by atoms with van der Waals surface area (Å²) < 4.78 is 0. The molecular formula is C14H13N5. The number of para-hydroxylation sites is 1. The van der Waals surface area contributed by atoms with Gasteiger partial charge in [0.1, 0.15) is 5.52 Å². The molecule has 0 radical (unpaired) electrons. The van der Waals surface area contributed by atoms with Crippen LogP contribution < -0.4 is 11.1 Å². The van der Waals surface area contributed by atoms with E-state index in [1.54, 1.807) is 0 Å². The first kappa shape index (κ1) is 11.6. The molecule has 0 spiro atoms. The SMILES string of the molecule is NCc1cccc(Nc2nnc3ccccc3n2)c1. The second-order valence-electron chi connectivity index (χ2n) is 4.15. The fraction of sp³-hybridized carbons (Fsp3) is 0.0714. The lowest BCUT2D eigenvalue weighted by molar-refractivity contribution is 1.03. The van der Waals surface area contributed by atoms with Gasteiger partial charge in [-0.05, 0) is 29.8 Å². The zero-order valence-electron chi connectivity index (χ0n) is 10.2. The maximum atomic E-state index is 5.62. The van der Waals surface area contributed by atoms with Crippen LogP contribution in [-0.2, 0) is 6.54 Å². The van der Waals surface area contributed by atoms with E-state index in [1.165, 1.54) is 0 Å². The monoisotopic (exact) mass is 251 g/mol. The number of nitrogens with one attached hydrogen (secondary N) is 1. The molecule has 3 N–H and O–H groups in total. The Morgan fingerprint density at radius 3 is 2.63 bits per heavy atom. The van der Waals surface area contributed by atoms with Crippen molar-refractivity contribution in [1.29, 1.82) is 0 Å². The summed E-state index contributed by atoms with van der Waals surface area (Å²) in [7, 11) is 0. The lowest BCUT2D eigenvalue weighted by Gasteiger charge is -2.06.